The summed E-state index contributed by atoms with van der Waals surface area (Å²) >= 11 is 6.15. The Morgan fingerprint density at radius 1 is 1.29 bits per heavy atom. The van der Waals surface area contributed by atoms with Crippen molar-refractivity contribution < 1.29 is 9.53 Å². The third-order valence-electron chi connectivity index (χ3n) is 3.22. The molecule has 0 bridgehead atoms. The molecule has 0 radical (unpaired) electrons. The van der Waals surface area contributed by atoms with Crippen molar-refractivity contribution in [2.45, 2.75) is 13.5 Å². The number of carbonyl (C=O) groups is 1. The van der Waals surface area contributed by atoms with Gasteiger partial charge in [-0.3, -0.25) is 4.79 Å². The van der Waals surface area contributed by atoms with Crippen LogP contribution in [0.2, 0.25) is 5.02 Å². The van der Waals surface area contributed by atoms with Crippen molar-refractivity contribution in [2.24, 2.45) is 5.73 Å². The number of amides is 1. The van der Waals surface area contributed by atoms with E-state index in [1.165, 1.54) is 0 Å². The Hall–Kier alpha value is -2.20. The molecule has 0 aliphatic carbocycles. The number of anilines is 1. The van der Waals surface area contributed by atoms with Gasteiger partial charge >= 0.3 is 0 Å². The van der Waals surface area contributed by atoms with Gasteiger partial charge < -0.3 is 15.8 Å². The fraction of sp³-hybridized carbons (Fsp3) is 0.188. The second-order valence-corrected chi connectivity index (χ2v) is 5.12. The number of aryl methyl sites for hydroxylation is 1. The number of benzene rings is 2. The Morgan fingerprint density at radius 2 is 2.05 bits per heavy atom. The molecule has 0 spiro atoms. The Kier molecular flexibility index (Phi) is 4.70. The summed E-state index contributed by atoms with van der Waals surface area (Å²) in [6.07, 6.45) is 0. The molecule has 0 saturated carbocycles. The number of carbonyl (C=O) groups excluding carboxylic acids is 1. The molecular formula is C16H17ClN2O2. The third kappa shape index (κ3) is 3.67. The van der Waals surface area contributed by atoms with Crippen LogP contribution in [0.1, 0.15) is 21.5 Å². The zero-order chi connectivity index (χ0) is 15.4. The molecule has 110 valence electrons. The van der Waals surface area contributed by atoms with Crippen molar-refractivity contribution in [2.75, 3.05) is 12.4 Å². The van der Waals surface area contributed by atoms with E-state index in [0.717, 1.165) is 22.6 Å². The van der Waals surface area contributed by atoms with E-state index < -0.39 is 5.91 Å². The van der Waals surface area contributed by atoms with Gasteiger partial charge in [0, 0.05) is 22.8 Å². The molecule has 0 fully saturated rings. The minimum absolute atomic E-state index is 0.407. The largest absolute Gasteiger partial charge is 0.496 e. The van der Waals surface area contributed by atoms with Crippen molar-refractivity contribution >= 4 is 23.2 Å². The van der Waals surface area contributed by atoms with E-state index in [1.54, 1.807) is 25.3 Å². The Labute approximate surface area is 128 Å². The first kappa shape index (κ1) is 15.2. The van der Waals surface area contributed by atoms with Crippen molar-refractivity contribution in [3.05, 3.63) is 58.1 Å². The van der Waals surface area contributed by atoms with Crippen LogP contribution in [0.25, 0.3) is 0 Å². The van der Waals surface area contributed by atoms with E-state index in [-0.39, 0.29) is 0 Å². The van der Waals surface area contributed by atoms with Crippen LogP contribution in [0.4, 0.5) is 5.69 Å². The molecule has 3 N–H and O–H groups in total. The maximum absolute atomic E-state index is 11.1. The van der Waals surface area contributed by atoms with Gasteiger partial charge in [-0.2, -0.15) is 0 Å². The van der Waals surface area contributed by atoms with Crippen LogP contribution in [0, 0.1) is 6.92 Å². The minimum atomic E-state index is -0.484. The highest BCUT2D eigenvalue weighted by molar-refractivity contribution is 6.31. The Morgan fingerprint density at radius 3 is 2.62 bits per heavy atom. The average Bonchev–Trinajstić information content (AvgIpc) is 2.46. The van der Waals surface area contributed by atoms with Crippen LogP contribution in [0.3, 0.4) is 0 Å². The number of nitrogens with two attached hydrogens (primary N) is 1. The zero-order valence-corrected chi connectivity index (χ0v) is 12.7. The number of halogens is 1. The van der Waals surface area contributed by atoms with Crippen LogP contribution in [0.15, 0.2) is 36.4 Å². The molecular weight excluding hydrogens is 288 g/mol. The molecule has 0 atom stereocenters. The lowest BCUT2D eigenvalue weighted by Crippen LogP contribution is -2.11. The van der Waals surface area contributed by atoms with E-state index in [4.69, 9.17) is 22.1 Å². The quantitative estimate of drug-likeness (QED) is 0.890. The molecule has 21 heavy (non-hydrogen) atoms. The van der Waals surface area contributed by atoms with E-state index in [2.05, 4.69) is 5.32 Å². The molecule has 2 aromatic rings. The summed E-state index contributed by atoms with van der Waals surface area (Å²) in [5, 5.41) is 3.80. The number of ether oxygens (including phenoxy) is 1. The summed E-state index contributed by atoms with van der Waals surface area (Å²) in [4.78, 5) is 11.1. The number of rotatable bonds is 5. The number of nitrogens with one attached hydrogen (secondary N) is 1. The van der Waals surface area contributed by atoms with E-state index in [0.29, 0.717) is 17.1 Å². The standard InChI is InChI=1S/C16H17ClN2O2/c1-10-7-13(5-6-15(10)21-2)19-9-12-4-3-11(16(18)20)8-14(12)17/h3-8,19H,9H2,1-2H3,(H2,18,20). The van der Waals surface area contributed by atoms with Crippen molar-refractivity contribution in [1.82, 2.24) is 0 Å². The fourth-order valence-corrected chi connectivity index (χ4v) is 2.28. The number of hydrogen-bond acceptors (Lipinski definition) is 3. The minimum Gasteiger partial charge on any atom is -0.496 e. The molecule has 0 unspecified atom stereocenters. The molecule has 0 heterocycles. The first-order valence-corrected chi connectivity index (χ1v) is 6.86. The molecule has 5 heteroatoms. The molecule has 2 aromatic carbocycles. The molecule has 4 nitrogen and oxygen atoms in total. The van der Waals surface area contributed by atoms with Crippen molar-refractivity contribution in [1.29, 1.82) is 0 Å². The summed E-state index contributed by atoms with van der Waals surface area (Å²) in [6, 6.07) is 10.9. The van der Waals surface area contributed by atoms with Gasteiger partial charge in [-0.05, 0) is 48.4 Å². The molecule has 0 aliphatic heterocycles. The maximum atomic E-state index is 11.1. The number of primary amides is 1. The normalized spacial score (nSPS) is 10.2. The molecule has 2 rings (SSSR count). The first-order valence-electron chi connectivity index (χ1n) is 6.48. The van der Waals surface area contributed by atoms with Gasteiger partial charge in [-0.15, -0.1) is 0 Å². The highest BCUT2D eigenvalue weighted by Gasteiger charge is 2.06. The second kappa shape index (κ2) is 6.50. The van der Waals surface area contributed by atoms with Crippen LogP contribution in [-0.4, -0.2) is 13.0 Å². The SMILES string of the molecule is COc1ccc(NCc2ccc(C(N)=O)cc2Cl)cc1C. The Balaban J connectivity index is 2.09. The van der Waals surface area contributed by atoms with Gasteiger partial charge in [0.2, 0.25) is 5.91 Å². The average molecular weight is 305 g/mol. The summed E-state index contributed by atoms with van der Waals surface area (Å²) in [6.45, 7) is 2.54. The monoisotopic (exact) mass is 304 g/mol. The molecule has 1 amide bonds. The van der Waals surface area contributed by atoms with Crippen LogP contribution in [-0.2, 0) is 6.54 Å². The third-order valence-corrected chi connectivity index (χ3v) is 3.57. The highest BCUT2D eigenvalue weighted by Crippen LogP contribution is 2.23. The topological polar surface area (TPSA) is 64.3 Å². The van der Waals surface area contributed by atoms with E-state index in [1.807, 2.05) is 25.1 Å². The van der Waals surface area contributed by atoms with Crippen LogP contribution < -0.4 is 15.8 Å². The smallest absolute Gasteiger partial charge is 0.248 e. The van der Waals surface area contributed by atoms with Gasteiger partial charge in [-0.25, -0.2) is 0 Å². The summed E-state index contributed by atoms with van der Waals surface area (Å²) in [5.74, 6) is 0.367. The maximum Gasteiger partial charge on any atom is 0.248 e. The summed E-state index contributed by atoms with van der Waals surface area (Å²) in [5.41, 5.74) is 8.55. The van der Waals surface area contributed by atoms with Gasteiger partial charge in [0.25, 0.3) is 0 Å². The van der Waals surface area contributed by atoms with Gasteiger partial charge in [0.1, 0.15) is 5.75 Å². The summed E-state index contributed by atoms with van der Waals surface area (Å²) in [7, 11) is 1.65. The number of methoxy groups -OCH3 is 1. The first-order chi connectivity index (χ1) is 10.0. The zero-order valence-electron chi connectivity index (χ0n) is 11.9. The van der Waals surface area contributed by atoms with Crippen molar-refractivity contribution in [3.8, 4) is 5.75 Å². The number of hydrogen-bond donors (Lipinski definition) is 2. The lowest BCUT2D eigenvalue weighted by atomic mass is 10.1. The van der Waals surface area contributed by atoms with Gasteiger partial charge in [-0.1, -0.05) is 17.7 Å². The van der Waals surface area contributed by atoms with Gasteiger partial charge in [0.05, 0.1) is 7.11 Å². The highest BCUT2D eigenvalue weighted by atomic mass is 35.5. The van der Waals surface area contributed by atoms with Crippen LogP contribution in [0.5, 0.6) is 5.75 Å². The molecule has 0 saturated heterocycles. The molecule has 0 aromatic heterocycles. The predicted octanol–water partition coefficient (Wildman–Crippen LogP) is 3.37. The van der Waals surface area contributed by atoms with E-state index in [9.17, 15) is 4.79 Å². The van der Waals surface area contributed by atoms with Crippen LogP contribution >= 0.6 is 11.6 Å². The Bertz CT molecular complexity index is 671. The lowest BCUT2D eigenvalue weighted by molar-refractivity contribution is 0.100. The fourth-order valence-electron chi connectivity index (χ4n) is 2.03. The predicted molar refractivity (Wildman–Crippen MR) is 85.0 cm³/mol. The molecule has 0 aliphatic rings. The lowest BCUT2D eigenvalue weighted by Gasteiger charge is -2.11. The summed E-state index contributed by atoms with van der Waals surface area (Å²) < 4.78 is 5.22. The second-order valence-electron chi connectivity index (χ2n) is 4.71. The van der Waals surface area contributed by atoms with E-state index >= 15 is 0 Å². The van der Waals surface area contributed by atoms with Gasteiger partial charge in [0.15, 0.2) is 0 Å². The van der Waals surface area contributed by atoms with Crippen molar-refractivity contribution in [3.63, 3.8) is 0 Å².